The van der Waals surface area contributed by atoms with Gasteiger partial charge in [-0.3, -0.25) is 9.11 Å². The predicted molar refractivity (Wildman–Crippen MR) is 156 cm³/mol. The maximum atomic E-state index is 14.1. The van der Waals surface area contributed by atoms with E-state index in [0.717, 1.165) is 17.3 Å². The lowest BCUT2D eigenvalue weighted by Gasteiger charge is -2.43. The molecule has 0 saturated carbocycles. The van der Waals surface area contributed by atoms with Crippen LogP contribution in [-0.4, -0.2) is 50.7 Å². The molecule has 0 saturated heterocycles. The van der Waals surface area contributed by atoms with Crippen molar-refractivity contribution < 1.29 is 28.1 Å². The van der Waals surface area contributed by atoms with Crippen LogP contribution in [0.1, 0.15) is 15.9 Å². The predicted octanol–water partition coefficient (Wildman–Crippen LogP) is 7.54. The maximum absolute atomic E-state index is 14.1. The molecule has 10 heteroatoms. The molecule has 1 heterocycles. The highest BCUT2D eigenvalue weighted by Crippen LogP contribution is 2.59. The Balaban J connectivity index is 1.58. The molecule has 1 atom stereocenters. The van der Waals surface area contributed by atoms with Crippen LogP contribution in [0.25, 0.3) is 11.1 Å². The molecule has 0 aliphatic carbocycles. The third-order valence-corrected chi connectivity index (χ3v) is 9.27. The van der Waals surface area contributed by atoms with Crippen molar-refractivity contribution in [3.63, 3.8) is 0 Å². The number of carboxylic acid groups (broad SMARTS) is 1. The Morgan fingerprint density at radius 2 is 1.70 bits per heavy atom. The molecule has 208 valence electrons. The molecule has 3 N–H and O–H groups in total. The van der Waals surface area contributed by atoms with Crippen LogP contribution < -0.4 is 4.90 Å². The summed E-state index contributed by atoms with van der Waals surface area (Å²) >= 11 is 6.73. The van der Waals surface area contributed by atoms with Gasteiger partial charge in [-0.25, -0.2) is 9.18 Å². The van der Waals surface area contributed by atoms with E-state index in [1.807, 2.05) is 65.6 Å². The third kappa shape index (κ3) is 5.57. The van der Waals surface area contributed by atoms with Crippen LogP contribution in [-0.2, 0) is 11.3 Å². The summed E-state index contributed by atoms with van der Waals surface area (Å²) in [6.45, 7) is 0.960. The van der Waals surface area contributed by atoms with E-state index in [1.165, 1.54) is 16.4 Å². The number of carboxylic acids is 1. The molecule has 0 radical (unpaired) electrons. The van der Waals surface area contributed by atoms with Crippen molar-refractivity contribution in [3.8, 4) is 11.1 Å². The van der Waals surface area contributed by atoms with Gasteiger partial charge in [0.15, 0.2) is 0 Å². The van der Waals surface area contributed by atoms with Crippen LogP contribution in [0.15, 0.2) is 95.9 Å². The molecule has 40 heavy (non-hydrogen) atoms. The fraction of sp³-hybridized carbons (Fsp3) is 0.167. The first-order chi connectivity index (χ1) is 19.2. The second-order valence-electron chi connectivity index (χ2n) is 9.47. The lowest BCUT2D eigenvalue weighted by molar-refractivity contribution is 0.0692. The molecule has 4 aromatic rings. The standard InChI is InChI=1S/C30H28ClFN2O5S/c1-33-23(19-39-18-20-8-4-2-5-9-20)17-34(22-10-6-3-7-11-22)28-16-26(31)24(15-29(28)40(33,37)38)21-12-13-27(32)25(14-21)30(35)36/h2-16,23,37-38H,17-19H2,1H3,(H,35,36). The van der Waals surface area contributed by atoms with Gasteiger partial charge in [-0.05, 0) is 47.5 Å². The largest absolute Gasteiger partial charge is 0.478 e. The summed E-state index contributed by atoms with van der Waals surface area (Å²) in [7, 11) is -1.92. The van der Waals surface area contributed by atoms with E-state index in [9.17, 15) is 23.4 Å². The lowest BCUT2D eigenvalue weighted by Crippen LogP contribution is -2.42. The van der Waals surface area contributed by atoms with Crippen LogP contribution in [0.5, 0.6) is 0 Å². The Bertz CT molecular complexity index is 1520. The van der Waals surface area contributed by atoms with Crippen molar-refractivity contribution in [1.82, 2.24) is 4.31 Å². The molecule has 0 aromatic heterocycles. The Labute approximate surface area is 238 Å². The summed E-state index contributed by atoms with van der Waals surface area (Å²) in [5.41, 5.74) is 2.50. The second kappa shape index (κ2) is 11.6. The zero-order valence-corrected chi connectivity index (χ0v) is 23.1. The molecule has 1 aliphatic heterocycles. The first-order valence-electron chi connectivity index (χ1n) is 12.5. The zero-order valence-electron chi connectivity index (χ0n) is 21.6. The van der Waals surface area contributed by atoms with Crippen LogP contribution in [0.4, 0.5) is 15.8 Å². The van der Waals surface area contributed by atoms with E-state index in [4.69, 9.17) is 16.3 Å². The van der Waals surface area contributed by atoms with Gasteiger partial charge in [0, 0.05) is 24.8 Å². The summed E-state index contributed by atoms with van der Waals surface area (Å²) in [6.07, 6.45) is 0. The van der Waals surface area contributed by atoms with Gasteiger partial charge in [0.1, 0.15) is 5.82 Å². The van der Waals surface area contributed by atoms with E-state index < -0.39 is 34.2 Å². The Kier molecular flexibility index (Phi) is 8.14. The Hall–Kier alpha value is -3.44. The minimum Gasteiger partial charge on any atom is -0.478 e. The van der Waals surface area contributed by atoms with Crippen LogP contribution in [0, 0.1) is 5.82 Å². The van der Waals surface area contributed by atoms with Crippen molar-refractivity contribution in [1.29, 1.82) is 0 Å². The number of likely N-dealkylation sites (N-methyl/N-ethyl adjacent to an activating group) is 1. The van der Waals surface area contributed by atoms with E-state index >= 15 is 0 Å². The first-order valence-corrected chi connectivity index (χ1v) is 14.4. The van der Waals surface area contributed by atoms with Gasteiger partial charge in [0.05, 0.1) is 40.4 Å². The van der Waals surface area contributed by atoms with Crippen LogP contribution in [0.3, 0.4) is 0 Å². The van der Waals surface area contributed by atoms with Gasteiger partial charge in [-0.2, -0.15) is 4.31 Å². The highest BCUT2D eigenvalue weighted by atomic mass is 35.5. The number of aromatic carboxylic acids is 1. The number of anilines is 2. The number of benzene rings is 4. The number of para-hydroxylation sites is 1. The number of carbonyl (C=O) groups is 1. The monoisotopic (exact) mass is 582 g/mol. The van der Waals surface area contributed by atoms with Gasteiger partial charge < -0.3 is 14.7 Å². The molecule has 0 amide bonds. The van der Waals surface area contributed by atoms with Crippen molar-refractivity contribution in [2.24, 2.45) is 0 Å². The molecule has 0 spiro atoms. The third-order valence-electron chi connectivity index (χ3n) is 6.94. The first kappa shape index (κ1) is 28.1. The van der Waals surface area contributed by atoms with E-state index in [2.05, 4.69) is 0 Å². The van der Waals surface area contributed by atoms with Crippen molar-refractivity contribution in [2.75, 3.05) is 25.1 Å². The zero-order chi connectivity index (χ0) is 28.4. The fourth-order valence-corrected chi connectivity index (χ4v) is 6.58. The average molecular weight is 583 g/mol. The van der Waals surface area contributed by atoms with E-state index in [-0.39, 0.29) is 16.5 Å². The van der Waals surface area contributed by atoms with Crippen molar-refractivity contribution in [3.05, 3.63) is 113 Å². The summed E-state index contributed by atoms with van der Waals surface area (Å²) in [6, 6.07) is 25.7. The maximum Gasteiger partial charge on any atom is 0.338 e. The second-order valence-corrected chi connectivity index (χ2v) is 11.9. The number of fused-ring (bicyclic) bond motifs is 1. The van der Waals surface area contributed by atoms with Crippen molar-refractivity contribution in [2.45, 2.75) is 17.5 Å². The Morgan fingerprint density at radius 3 is 2.38 bits per heavy atom. The van der Waals surface area contributed by atoms with Gasteiger partial charge in [0.25, 0.3) is 0 Å². The molecule has 4 aromatic carbocycles. The van der Waals surface area contributed by atoms with Gasteiger partial charge in [-0.1, -0.05) is 66.2 Å². The summed E-state index contributed by atoms with van der Waals surface area (Å²) in [5.74, 6) is -2.29. The number of nitrogens with zero attached hydrogens (tertiary/aromatic N) is 2. The number of halogens is 2. The van der Waals surface area contributed by atoms with Crippen LogP contribution >= 0.6 is 22.4 Å². The molecule has 1 unspecified atom stereocenters. The number of rotatable bonds is 7. The molecule has 0 bridgehead atoms. The van der Waals surface area contributed by atoms with Crippen molar-refractivity contribution >= 4 is 39.7 Å². The number of hydrogen-bond donors (Lipinski definition) is 3. The topological polar surface area (TPSA) is 93.5 Å². The summed E-state index contributed by atoms with van der Waals surface area (Å²) < 4.78 is 45.0. The molecular formula is C30H28ClFN2O5S. The normalized spacial score (nSPS) is 17.6. The highest BCUT2D eigenvalue weighted by Gasteiger charge is 2.38. The summed E-state index contributed by atoms with van der Waals surface area (Å²) in [5, 5.41) is 9.66. The molecule has 0 fully saturated rings. The average Bonchev–Trinajstić information content (AvgIpc) is 3.02. The number of ether oxygens (including phenoxy) is 1. The fourth-order valence-electron chi connectivity index (χ4n) is 4.74. The molecule has 1 aliphatic rings. The number of hydrogen-bond acceptors (Lipinski definition) is 6. The van der Waals surface area contributed by atoms with Crippen LogP contribution in [0.2, 0.25) is 5.02 Å². The minimum atomic E-state index is -3.56. The van der Waals surface area contributed by atoms with Gasteiger partial charge in [-0.15, -0.1) is 10.8 Å². The molecule has 5 rings (SSSR count). The minimum absolute atomic E-state index is 0.213. The van der Waals surface area contributed by atoms with E-state index in [0.29, 0.717) is 30.0 Å². The SMILES string of the molecule is CN1C(COCc2ccccc2)CN(c2ccccc2)c2cc(Cl)c(-c3ccc(F)c(C(=O)O)c3)cc2S1(O)O. The van der Waals surface area contributed by atoms with Gasteiger partial charge in [0.2, 0.25) is 0 Å². The van der Waals surface area contributed by atoms with Gasteiger partial charge >= 0.3 is 5.97 Å². The summed E-state index contributed by atoms with van der Waals surface area (Å²) in [4.78, 5) is 13.7. The Morgan fingerprint density at radius 1 is 1.02 bits per heavy atom. The smallest absolute Gasteiger partial charge is 0.338 e. The highest BCUT2D eigenvalue weighted by molar-refractivity contribution is 8.22. The quantitative estimate of drug-likeness (QED) is 0.207. The van der Waals surface area contributed by atoms with E-state index in [1.54, 1.807) is 19.2 Å². The molecular weight excluding hydrogens is 555 g/mol. The molecule has 7 nitrogen and oxygen atoms in total. The lowest BCUT2D eigenvalue weighted by atomic mass is 10.0.